The fourth-order valence-electron chi connectivity index (χ4n) is 2.32. The third-order valence-electron chi connectivity index (χ3n) is 3.78. The molecular formula is C17H16F2N4O. The smallest absolute Gasteiger partial charge is 0.251 e. The molecule has 0 aliphatic carbocycles. The van der Waals surface area contributed by atoms with Crippen LogP contribution in [0.5, 0.6) is 0 Å². The Morgan fingerprint density at radius 1 is 1.21 bits per heavy atom. The molecule has 24 heavy (non-hydrogen) atoms. The number of rotatable bonds is 4. The van der Waals surface area contributed by atoms with Crippen molar-refractivity contribution in [1.82, 2.24) is 19.9 Å². The number of carbonyl (C=O) groups is 1. The zero-order chi connectivity index (χ0) is 17.3. The second-order valence-corrected chi connectivity index (χ2v) is 5.61. The van der Waals surface area contributed by atoms with Gasteiger partial charge >= 0.3 is 0 Å². The number of halogens is 2. The maximum absolute atomic E-state index is 13.4. The molecular weight excluding hydrogens is 314 g/mol. The lowest BCUT2D eigenvalue weighted by atomic mass is 10.2. The van der Waals surface area contributed by atoms with Crippen LogP contribution in [0.2, 0.25) is 0 Å². The van der Waals surface area contributed by atoms with Crippen LogP contribution in [-0.4, -0.2) is 26.5 Å². The number of benzene rings is 1. The number of amides is 1. The highest BCUT2D eigenvalue weighted by Gasteiger charge is 2.14. The van der Waals surface area contributed by atoms with Gasteiger partial charge in [-0.3, -0.25) is 9.20 Å². The average Bonchev–Trinajstić information content (AvgIpc) is 2.96. The second kappa shape index (κ2) is 6.35. The number of nitrogens with one attached hydrogen (secondary N) is 1. The van der Waals surface area contributed by atoms with Gasteiger partial charge in [0.05, 0.1) is 0 Å². The largest absolute Gasteiger partial charge is 0.350 e. The molecule has 1 N–H and O–H groups in total. The fraction of sp³-hybridized carbons (Fsp3) is 0.235. The predicted octanol–water partition coefficient (Wildman–Crippen LogP) is 3.20. The molecule has 124 valence electrons. The third kappa shape index (κ3) is 3.10. The van der Waals surface area contributed by atoms with Crippen LogP contribution in [0, 0.1) is 11.6 Å². The van der Waals surface area contributed by atoms with Gasteiger partial charge in [-0.2, -0.15) is 0 Å². The van der Waals surface area contributed by atoms with Gasteiger partial charge in [0.15, 0.2) is 11.5 Å². The van der Waals surface area contributed by atoms with E-state index in [1.54, 1.807) is 22.7 Å². The van der Waals surface area contributed by atoms with Crippen molar-refractivity contribution in [3.63, 3.8) is 0 Å². The molecule has 1 atom stereocenters. The summed E-state index contributed by atoms with van der Waals surface area (Å²) >= 11 is 0. The fourth-order valence-corrected chi connectivity index (χ4v) is 2.32. The zero-order valence-electron chi connectivity index (χ0n) is 13.3. The van der Waals surface area contributed by atoms with Crippen LogP contribution >= 0.6 is 0 Å². The number of hydrogen-bond acceptors (Lipinski definition) is 3. The minimum atomic E-state index is -0.689. The lowest BCUT2D eigenvalue weighted by Crippen LogP contribution is -2.31. The maximum atomic E-state index is 13.4. The van der Waals surface area contributed by atoms with Gasteiger partial charge in [0.1, 0.15) is 11.6 Å². The van der Waals surface area contributed by atoms with E-state index in [0.29, 0.717) is 17.0 Å². The molecule has 3 aromatic rings. The molecule has 2 heterocycles. The van der Waals surface area contributed by atoms with Crippen molar-refractivity contribution in [2.45, 2.75) is 26.3 Å². The van der Waals surface area contributed by atoms with E-state index in [1.165, 1.54) is 12.1 Å². The molecule has 7 heteroatoms. The highest BCUT2D eigenvalue weighted by molar-refractivity contribution is 5.95. The summed E-state index contributed by atoms with van der Waals surface area (Å²) in [6.45, 7) is 3.90. The Bertz CT molecular complexity index is 886. The Morgan fingerprint density at radius 3 is 2.58 bits per heavy atom. The van der Waals surface area contributed by atoms with E-state index in [-0.39, 0.29) is 17.5 Å². The topological polar surface area (TPSA) is 59.3 Å². The Kier molecular flexibility index (Phi) is 4.24. The van der Waals surface area contributed by atoms with Crippen LogP contribution in [0.25, 0.3) is 17.0 Å². The van der Waals surface area contributed by atoms with Crippen LogP contribution in [0.3, 0.4) is 0 Å². The lowest BCUT2D eigenvalue weighted by Gasteiger charge is -2.11. The van der Waals surface area contributed by atoms with Crippen molar-refractivity contribution < 1.29 is 13.6 Å². The van der Waals surface area contributed by atoms with Crippen molar-refractivity contribution in [2.75, 3.05) is 0 Å². The summed E-state index contributed by atoms with van der Waals surface area (Å²) in [7, 11) is 0. The minimum Gasteiger partial charge on any atom is -0.350 e. The second-order valence-electron chi connectivity index (χ2n) is 5.61. The summed E-state index contributed by atoms with van der Waals surface area (Å²) in [6.07, 6.45) is 2.44. The van der Waals surface area contributed by atoms with Crippen LogP contribution in [0.4, 0.5) is 8.78 Å². The predicted molar refractivity (Wildman–Crippen MR) is 85.6 cm³/mol. The van der Waals surface area contributed by atoms with Gasteiger partial charge in [0.2, 0.25) is 0 Å². The van der Waals surface area contributed by atoms with Gasteiger partial charge in [0, 0.05) is 29.4 Å². The van der Waals surface area contributed by atoms with E-state index in [2.05, 4.69) is 15.5 Å². The number of pyridine rings is 1. The van der Waals surface area contributed by atoms with E-state index in [4.69, 9.17) is 0 Å². The van der Waals surface area contributed by atoms with Gasteiger partial charge in [-0.05, 0) is 37.6 Å². The number of carbonyl (C=O) groups excluding carboxylic acids is 1. The van der Waals surface area contributed by atoms with Gasteiger partial charge in [-0.1, -0.05) is 6.92 Å². The number of nitrogens with zero attached hydrogens (tertiary/aromatic N) is 3. The maximum Gasteiger partial charge on any atom is 0.251 e. The summed E-state index contributed by atoms with van der Waals surface area (Å²) in [5, 5.41) is 10.8. The van der Waals surface area contributed by atoms with Crippen molar-refractivity contribution in [3.8, 4) is 11.4 Å². The van der Waals surface area contributed by atoms with Crippen molar-refractivity contribution in [3.05, 3.63) is 53.7 Å². The van der Waals surface area contributed by atoms with Crippen LogP contribution in [0.1, 0.15) is 30.6 Å². The molecule has 1 aromatic carbocycles. The Hall–Kier alpha value is -2.83. The molecule has 0 fully saturated rings. The number of fused-ring (bicyclic) bond motifs is 1. The third-order valence-corrected chi connectivity index (χ3v) is 3.78. The molecule has 0 aliphatic rings. The molecule has 0 unspecified atom stereocenters. The van der Waals surface area contributed by atoms with E-state index in [0.717, 1.165) is 12.5 Å². The Morgan fingerprint density at radius 2 is 1.92 bits per heavy atom. The molecule has 0 bridgehead atoms. The van der Waals surface area contributed by atoms with Crippen molar-refractivity contribution in [2.24, 2.45) is 0 Å². The molecule has 2 aromatic heterocycles. The highest BCUT2D eigenvalue weighted by atomic mass is 19.1. The summed E-state index contributed by atoms with van der Waals surface area (Å²) in [5.41, 5.74) is 1.15. The highest BCUT2D eigenvalue weighted by Crippen LogP contribution is 2.21. The molecule has 0 saturated heterocycles. The molecule has 1 amide bonds. The van der Waals surface area contributed by atoms with Crippen molar-refractivity contribution >= 4 is 11.6 Å². The first-order valence-electron chi connectivity index (χ1n) is 7.60. The van der Waals surface area contributed by atoms with Gasteiger partial charge in [-0.15, -0.1) is 10.2 Å². The van der Waals surface area contributed by atoms with E-state index < -0.39 is 11.6 Å². The summed E-state index contributed by atoms with van der Waals surface area (Å²) in [4.78, 5) is 12.2. The van der Waals surface area contributed by atoms with E-state index in [9.17, 15) is 13.6 Å². The summed E-state index contributed by atoms with van der Waals surface area (Å²) < 4.78 is 28.4. The van der Waals surface area contributed by atoms with E-state index >= 15 is 0 Å². The first-order valence-corrected chi connectivity index (χ1v) is 7.60. The van der Waals surface area contributed by atoms with E-state index in [1.807, 2.05) is 13.8 Å². The first-order chi connectivity index (χ1) is 11.5. The molecule has 5 nitrogen and oxygen atoms in total. The summed E-state index contributed by atoms with van der Waals surface area (Å²) in [6, 6.07) is 6.44. The molecule has 0 saturated carbocycles. The van der Waals surface area contributed by atoms with Crippen LogP contribution in [0.15, 0.2) is 36.5 Å². The quantitative estimate of drug-likeness (QED) is 0.799. The van der Waals surface area contributed by atoms with Gasteiger partial charge in [0.25, 0.3) is 5.91 Å². The monoisotopic (exact) mass is 330 g/mol. The number of hydrogen-bond donors (Lipinski definition) is 1. The Labute approximate surface area is 137 Å². The minimum absolute atomic E-state index is 0.0671. The van der Waals surface area contributed by atoms with Crippen LogP contribution in [-0.2, 0) is 0 Å². The summed E-state index contributed by atoms with van der Waals surface area (Å²) in [5.74, 6) is -1.27. The molecule has 0 radical (unpaired) electrons. The molecule has 0 aliphatic heterocycles. The van der Waals surface area contributed by atoms with Gasteiger partial charge < -0.3 is 5.32 Å². The van der Waals surface area contributed by atoms with Gasteiger partial charge in [-0.25, -0.2) is 8.78 Å². The standard InChI is InChI=1S/C17H16F2N4O/c1-3-10(2)20-17(24)11-4-5-23-15(8-11)21-22-16(23)12-6-13(18)9-14(19)7-12/h4-10H,3H2,1-2H3,(H,20,24)/t10-/m0/s1. The zero-order valence-corrected chi connectivity index (χ0v) is 13.3. The lowest BCUT2D eigenvalue weighted by molar-refractivity contribution is 0.0939. The molecule has 0 spiro atoms. The van der Waals surface area contributed by atoms with Crippen LogP contribution < -0.4 is 5.32 Å². The molecule has 3 rings (SSSR count). The number of aromatic nitrogens is 3. The van der Waals surface area contributed by atoms with Crippen molar-refractivity contribution in [1.29, 1.82) is 0 Å². The SMILES string of the molecule is CC[C@H](C)NC(=O)c1ccn2c(-c3cc(F)cc(F)c3)nnc2c1. The average molecular weight is 330 g/mol. The Balaban J connectivity index is 1.98. The normalized spacial score (nSPS) is 12.3. The first kappa shape index (κ1) is 16.0.